The van der Waals surface area contributed by atoms with E-state index in [2.05, 4.69) is 0 Å². The summed E-state index contributed by atoms with van der Waals surface area (Å²) in [4.78, 5) is 0. The summed E-state index contributed by atoms with van der Waals surface area (Å²) in [6, 6.07) is 26.1. The summed E-state index contributed by atoms with van der Waals surface area (Å²) in [5.41, 5.74) is 8.76. The number of halogens is 2. The van der Waals surface area contributed by atoms with E-state index in [1.807, 2.05) is 66.7 Å². The van der Waals surface area contributed by atoms with E-state index >= 15 is 4.39 Å². The second-order valence-corrected chi connectivity index (χ2v) is 7.66. The molecule has 0 radical (unpaired) electrons. The van der Waals surface area contributed by atoms with Gasteiger partial charge in [-0.25, -0.2) is 8.78 Å². The van der Waals surface area contributed by atoms with Gasteiger partial charge < -0.3 is 15.2 Å². The quantitative estimate of drug-likeness (QED) is 0.351. The topological polar surface area (TPSA) is 68.3 Å². The highest BCUT2D eigenvalue weighted by atomic mass is 19.1. The first-order chi connectivity index (χ1) is 16.6. The van der Waals surface area contributed by atoms with Crippen molar-refractivity contribution in [2.45, 2.75) is 19.3 Å². The lowest BCUT2D eigenvalue weighted by Gasteiger charge is -2.21. The van der Waals surface area contributed by atoms with Gasteiger partial charge >= 0.3 is 0 Å². The molecule has 0 aliphatic rings. The first-order valence-corrected chi connectivity index (χ1v) is 10.7. The second-order valence-electron chi connectivity index (χ2n) is 7.66. The van der Waals surface area contributed by atoms with Crippen molar-refractivity contribution in [3.8, 4) is 17.6 Å². The number of nitrogens with two attached hydrogens (primary N) is 1. The highest BCUT2D eigenvalue weighted by Crippen LogP contribution is 2.38. The Hall–Kier alpha value is -4.21. The van der Waals surface area contributed by atoms with Crippen LogP contribution in [0.3, 0.4) is 0 Å². The molecule has 0 saturated heterocycles. The van der Waals surface area contributed by atoms with E-state index in [0.717, 1.165) is 11.1 Å². The van der Waals surface area contributed by atoms with Crippen LogP contribution in [0, 0.1) is 23.0 Å². The van der Waals surface area contributed by atoms with E-state index in [1.165, 1.54) is 30.3 Å². The van der Waals surface area contributed by atoms with Gasteiger partial charge in [0.25, 0.3) is 0 Å². The van der Waals surface area contributed by atoms with Crippen molar-refractivity contribution < 1.29 is 18.3 Å². The van der Waals surface area contributed by atoms with Crippen LogP contribution in [-0.4, -0.2) is 0 Å². The molecule has 0 amide bonds. The average Bonchev–Trinajstić information content (AvgIpc) is 2.87. The molecule has 4 aromatic rings. The van der Waals surface area contributed by atoms with Gasteiger partial charge in [-0.2, -0.15) is 5.26 Å². The third kappa shape index (κ3) is 5.22. The molecule has 0 spiro atoms. The smallest absolute Gasteiger partial charge is 0.145 e. The van der Waals surface area contributed by atoms with Crippen LogP contribution in [-0.2, 0) is 13.2 Å². The minimum Gasteiger partial charge on any atom is -0.488 e. The summed E-state index contributed by atoms with van der Waals surface area (Å²) in [5, 5.41) is 9.62. The molecule has 0 fully saturated rings. The van der Waals surface area contributed by atoms with Crippen LogP contribution < -0.4 is 15.2 Å². The first kappa shape index (κ1) is 23.0. The lowest BCUT2D eigenvalue weighted by molar-refractivity contribution is 0.294. The van der Waals surface area contributed by atoms with Crippen molar-refractivity contribution in [3.63, 3.8) is 0 Å². The zero-order valence-corrected chi connectivity index (χ0v) is 18.2. The van der Waals surface area contributed by atoms with Gasteiger partial charge in [-0.05, 0) is 29.3 Å². The predicted octanol–water partition coefficient (Wildman–Crippen LogP) is 6.04. The van der Waals surface area contributed by atoms with E-state index in [-0.39, 0.29) is 35.8 Å². The lowest BCUT2D eigenvalue weighted by Crippen LogP contribution is -2.17. The van der Waals surface area contributed by atoms with Crippen LogP contribution in [0.25, 0.3) is 0 Å². The molecule has 4 nitrogen and oxygen atoms in total. The van der Waals surface area contributed by atoms with Gasteiger partial charge in [-0.3, -0.25) is 0 Å². The highest BCUT2D eigenvalue weighted by Gasteiger charge is 2.25. The van der Waals surface area contributed by atoms with E-state index in [1.54, 1.807) is 0 Å². The van der Waals surface area contributed by atoms with Crippen LogP contribution >= 0.6 is 0 Å². The van der Waals surface area contributed by atoms with E-state index < -0.39 is 17.7 Å². The monoisotopic (exact) mass is 456 g/mol. The normalized spacial score (nSPS) is 11.5. The number of hydrogen-bond donors (Lipinski definition) is 1. The van der Waals surface area contributed by atoms with Gasteiger partial charge in [-0.15, -0.1) is 0 Å². The second kappa shape index (κ2) is 10.6. The van der Waals surface area contributed by atoms with Crippen LogP contribution in [0.5, 0.6) is 11.5 Å². The van der Waals surface area contributed by atoms with Gasteiger partial charge in [0.15, 0.2) is 0 Å². The van der Waals surface area contributed by atoms with Crippen molar-refractivity contribution in [3.05, 3.63) is 130 Å². The molecule has 0 heterocycles. The van der Waals surface area contributed by atoms with Crippen molar-refractivity contribution in [2.75, 3.05) is 0 Å². The SMILES string of the molecule is N#Cc1ccc(F)c(C(N)c2ccc(F)cc2OCc2ccccc2)c1OCc1ccccc1. The zero-order valence-electron chi connectivity index (χ0n) is 18.2. The van der Waals surface area contributed by atoms with Gasteiger partial charge in [0.1, 0.15) is 42.4 Å². The Balaban J connectivity index is 1.70. The van der Waals surface area contributed by atoms with Gasteiger partial charge in [0.05, 0.1) is 17.2 Å². The minimum atomic E-state index is -1.06. The molecular weight excluding hydrogens is 434 g/mol. The third-order valence-corrected chi connectivity index (χ3v) is 5.35. The van der Waals surface area contributed by atoms with Crippen LogP contribution in [0.1, 0.15) is 33.9 Å². The number of nitrogens with zero attached hydrogens (tertiary/aromatic N) is 1. The molecule has 2 N–H and O–H groups in total. The molecule has 1 unspecified atom stereocenters. The van der Waals surface area contributed by atoms with Crippen molar-refractivity contribution in [1.82, 2.24) is 0 Å². The molecule has 170 valence electrons. The zero-order chi connectivity index (χ0) is 23.9. The predicted molar refractivity (Wildman–Crippen MR) is 125 cm³/mol. The van der Waals surface area contributed by atoms with Crippen molar-refractivity contribution in [1.29, 1.82) is 5.26 Å². The van der Waals surface area contributed by atoms with E-state index in [9.17, 15) is 9.65 Å². The van der Waals surface area contributed by atoms with Crippen molar-refractivity contribution in [2.24, 2.45) is 5.73 Å². The Morgan fingerprint density at radius 3 is 2.03 bits per heavy atom. The maximum Gasteiger partial charge on any atom is 0.145 e. The molecule has 34 heavy (non-hydrogen) atoms. The molecular formula is C28H22F2N2O2. The Labute approximate surface area is 196 Å². The molecule has 0 aromatic heterocycles. The number of rotatable bonds is 8. The largest absolute Gasteiger partial charge is 0.488 e. The number of benzene rings is 4. The Bertz CT molecular complexity index is 1310. The summed E-state index contributed by atoms with van der Waals surface area (Å²) in [5.74, 6) is -0.900. The molecule has 0 aliphatic heterocycles. The van der Waals surface area contributed by atoms with Crippen molar-refractivity contribution >= 4 is 0 Å². The molecule has 0 bridgehead atoms. The Kier molecular flexibility index (Phi) is 7.16. The maximum atomic E-state index is 15.1. The molecule has 0 aliphatic carbocycles. The Morgan fingerprint density at radius 1 is 0.794 bits per heavy atom. The lowest BCUT2D eigenvalue weighted by atomic mass is 9.95. The molecule has 6 heteroatoms. The van der Waals surface area contributed by atoms with E-state index in [4.69, 9.17) is 15.2 Å². The highest BCUT2D eigenvalue weighted by molar-refractivity contribution is 5.54. The fourth-order valence-corrected chi connectivity index (χ4v) is 3.62. The fraction of sp³-hybridized carbons (Fsp3) is 0.107. The molecule has 4 aromatic carbocycles. The minimum absolute atomic E-state index is 0.00569. The third-order valence-electron chi connectivity index (χ3n) is 5.35. The number of ether oxygens (including phenoxy) is 2. The number of nitriles is 1. The first-order valence-electron chi connectivity index (χ1n) is 10.7. The molecule has 1 atom stereocenters. The Morgan fingerprint density at radius 2 is 1.41 bits per heavy atom. The van der Waals surface area contributed by atoms with E-state index in [0.29, 0.717) is 5.56 Å². The summed E-state index contributed by atoms with van der Waals surface area (Å²) in [6.45, 7) is 0.307. The fourth-order valence-electron chi connectivity index (χ4n) is 3.62. The summed E-state index contributed by atoms with van der Waals surface area (Å²) >= 11 is 0. The van der Waals surface area contributed by atoms with Gasteiger partial charge in [0, 0.05) is 11.6 Å². The van der Waals surface area contributed by atoms with Crippen LogP contribution in [0.4, 0.5) is 8.78 Å². The average molecular weight is 456 g/mol. The summed E-state index contributed by atoms with van der Waals surface area (Å²) < 4.78 is 40.9. The van der Waals surface area contributed by atoms with Gasteiger partial charge in [0.2, 0.25) is 0 Å². The summed E-state index contributed by atoms with van der Waals surface area (Å²) in [6.07, 6.45) is 0. The number of hydrogen-bond acceptors (Lipinski definition) is 4. The standard InChI is InChI=1S/C28H22F2N2O2/c29-22-12-13-23(25(15-22)33-17-19-7-3-1-4-8-19)27(32)26-24(30)14-11-21(16-31)28(26)34-18-20-9-5-2-6-10-20/h1-15,27H,17-18,32H2. The molecule has 4 rings (SSSR count). The van der Waals surface area contributed by atoms with Crippen LogP contribution in [0.15, 0.2) is 91.0 Å². The maximum absolute atomic E-state index is 15.1. The summed E-state index contributed by atoms with van der Waals surface area (Å²) in [7, 11) is 0. The van der Waals surface area contributed by atoms with Gasteiger partial charge in [-0.1, -0.05) is 66.7 Å². The van der Waals surface area contributed by atoms with Crippen LogP contribution in [0.2, 0.25) is 0 Å². The molecule has 0 saturated carbocycles.